The summed E-state index contributed by atoms with van der Waals surface area (Å²) in [5, 5.41) is 16.8. The predicted molar refractivity (Wildman–Crippen MR) is 144 cm³/mol. The molecule has 210 valence electrons. The van der Waals surface area contributed by atoms with Crippen LogP contribution in [0.25, 0.3) is 0 Å². The van der Waals surface area contributed by atoms with Gasteiger partial charge in [-0.1, -0.05) is 13.8 Å². The van der Waals surface area contributed by atoms with Gasteiger partial charge in [0, 0.05) is 50.5 Å². The molecule has 0 fully saturated rings. The third kappa shape index (κ3) is 10.1. The summed E-state index contributed by atoms with van der Waals surface area (Å²) in [5.41, 5.74) is 1.75. The van der Waals surface area contributed by atoms with Gasteiger partial charge in [0.1, 0.15) is 11.6 Å². The number of hydrogen-bond acceptors (Lipinski definition) is 5. The third-order valence-corrected chi connectivity index (χ3v) is 6.08. The van der Waals surface area contributed by atoms with Crippen LogP contribution in [0.1, 0.15) is 65.0 Å². The van der Waals surface area contributed by atoms with Crippen LogP contribution in [-0.4, -0.2) is 73.9 Å². The van der Waals surface area contributed by atoms with Crippen molar-refractivity contribution in [2.45, 2.75) is 58.6 Å². The third-order valence-electron chi connectivity index (χ3n) is 6.08. The highest BCUT2D eigenvalue weighted by Crippen LogP contribution is 2.16. The van der Waals surface area contributed by atoms with E-state index in [1.54, 1.807) is 30.2 Å². The van der Waals surface area contributed by atoms with E-state index in [1.807, 2.05) is 20.8 Å². The molecule has 0 bridgehead atoms. The first-order chi connectivity index (χ1) is 18.2. The zero-order valence-electron chi connectivity index (χ0n) is 22.9. The molecule has 2 aromatic carbocycles. The normalized spacial score (nSPS) is 12.7. The minimum Gasteiger partial charge on any atom is -0.390 e. The predicted octanol–water partition coefficient (Wildman–Crippen LogP) is 3.86. The second-order valence-corrected chi connectivity index (χ2v) is 9.56. The number of nitrogens with zero attached hydrogens (tertiary/aromatic N) is 1. The number of rotatable bonds is 16. The summed E-state index contributed by atoms with van der Waals surface area (Å²) < 4.78 is 32.7. The first-order valence-corrected chi connectivity index (χ1v) is 13.2. The first kappa shape index (κ1) is 31.3. The molecule has 38 heavy (non-hydrogen) atoms. The largest absolute Gasteiger partial charge is 0.390 e. The number of aliphatic hydroxyl groups is 1. The fraction of sp³-hybridized carbons (Fsp3) is 0.517. The van der Waals surface area contributed by atoms with Gasteiger partial charge in [0.25, 0.3) is 11.8 Å². The molecule has 0 aliphatic rings. The van der Waals surface area contributed by atoms with Gasteiger partial charge in [0.2, 0.25) is 0 Å². The number of nitrogens with one attached hydrogen (secondary N) is 2. The lowest BCUT2D eigenvalue weighted by Crippen LogP contribution is -2.49. The number of aryl methyl sites for hydroxylation is 1. The molecule has 0 saturated carbocycles. The van der Waals surface area contributed by atoms with E-state index < -0.39 is 29.7 Å². The van der Waals surface area contributed by atoms with Gasteiger partial charge in [-0.2, -0.15) is 0 Å². The Labute approximate surface area is 224 Å². The maximum atomic E-state index is 13.8. The van der Waals surface area contributed by atoms with Crippen LogP contribution in [-0.2, 0) is 11.2 Å². The Bertz CT molecular complexity index is 1020. The van der Waals surface area contributed by atoms with Crippen molar-refractivity contribution in [2.75, 3.05) is 39.9 Å². The Hall–Kier alpha value is -2.88. The van der Waals surface area contributed by atoms with Crippen LogP contribution in [0.3, 0.4) is 0 Å². The number of amides is 2. The highest BCUT2D eigenvalue weighted by molar-refractivity contribution is 6.00. The minimum atomic E-state index is -1.04. The van der Waals surface area contributed by atoms with Crippen LogP contribution >= 0.6 is 0 Å². The van der Waals surface area contributed by atoms with E-state index in [0.717, 1.165) is 30.9 Å². The number of carbonyl (C=O) groups is 2. The number of methoxy groups -OCH3 is 1. The van der Waals surface area contributed by atoms with Crippen LogP contribution < -0.4 is 10.6 Å². The van der Waals surface area contributed by atoms with Gasteiger partial charge < -0.3 is 25.4 Å². The lowest BCUT2D eigenvalue weighted by atomic mass is 9.99. The van der Waals surface area contributed by atoms with Crippen molar-refractivity contribution in [1.82, 2.24) is 15.5 Å². The fourth-order valence-corrected chi connectivity index (χ4v) is 4.33. The molecule has 0 aliphatic heterocycles. The molecule has 0 spiro atoms. The average Bonchev–Trinajstić information content (AvgIpc) is 2.86. The SMILES string of the molecule is CCCN(CCC)C(=O)c1cc(C)cc(C(=O)N[C@@H](Cc2cc(F)cc(F)c2)[C@H](O)CNCCCOC)c1. The van der Waals surface area contributed by atoms with Gasteiger partial charge in [-0.3, -0.25) is 9.59 Å². The van der Waals surface area contributed by atoms with Crippen LogP contribution in [0, 0.1) is 18.6 Å². The molecule has 2 amide bonds. The second kappa shape index (κ2) is 16.2. The summed E-state index contributed by atoms with van der Waals surface area (Å²) in [5.74, 6) is -2.09. The number of benzene rings is 2. The zero-order chi connectivity index (χ0) is 28.1. The van der Waals surface area contributed by atoms with Crippen molar-refractivity contribution >= 4 is 11.8 Å². The lowest BCUT2D eigenvalue weighted by molar-refractivity contribution is 0.0755. The highest BCUT2D eigenvalue weighted by Gasteiger charge is 2.24. The van der Waals surface area contributed by atoms with E-state index in [4.69, 9.17) is 4.74 Å². The quantitative estimate of drug-likeness (QED) is 0.285. The number of carbonyl (C=O) groups excluding carboxylic acids is 2. The molecule has 0 aromatic heterocycles. The maximum absolute atomic E-state index is 13.8. The molecule has 2 aromatic rings. The number of halogens is 2. The van der Waals surface area contributed by atoms with Crippen LogP contribution in [0.15, 0.2) is 36.4 Å². The van der Waals surface area contributed by atoms with E-state index in [9.17, 15) is 23.5 Å². The summed E-state index contributed by atoms with van der Waals surface area (Å²) in [6.07, 6.45) is 1.36. The Kier molecular flexibility index (Phi) is 13.3. The summed E-state index contributed by atoms with van der Waals surface area (Å²) in [7, 11) is 1.61. The first-order valence-electron chi connectivity index (χ1n) is 13.2. The smallest absolute Gasteiger partial charge is 0.253 e. The van der Waals surface area contributed by atoms with Crippen molar-refractivity contribution in [3.8, 4) is 0 Å². The van der Waals surface area contributed by atoms with Crippen molar-refractivity contribution < 1.29 is 28.2 Å². The summed E-state index contributed by atoms with van der Waals surface area (Å²) >= 11 is 0. The molecule has 7 nitrogen and oxygen atoms in total. The fourth-order valence-electron chi connectivity index (χ4n) is 4.33. The van der Waals surface area contributed by atoms with E-state index in [1.165, 1.54) is 12.1 Å². The number of aliphatic hydroxyl groups excluding tert-OH is 1. The van der Waals surface area contributed by atoms with E-state index in [0.29, 0.717) is 37.4 Å². The van der Waals surface area contributed by atoms with Crippen molar-refractivity contribution in [1.29, 1.82) is 0 Å². The molecular formula is C29H41F2N3O4. The van der Waals surface area contributed by atoms with Gasteiger partial charge in [0.15, 0.2) is 0 Å². The monoisotopic (exact) mass is 533 g/mol. The Morgan fingerprint density at radius 2 is 1.63 bits per heavy atom. The Balaban J connectivity index is 2.25. The van der Waals surface area contributed by atoms with Gasteiger partial charge in [-0.25, -0.2) is 8.78 Å². The zero-order valence-corrected chi connectivity index (χ0v) is 22.9. The Morgan fingerprint density at radius 3 is 2.24 bits per heavy atom. The summed E-state index contributed by atoms with van der Waals surface area (Å²) in [6, 6.07) is 7.28. The Morgan fingerprint density at radius 1 is 1.00 bits per heavy atom. The molecule has 0 aliphatic carbocycles. The topological polar surface area (TPSA) is 90.9 Å². The van der Waals surface area contributed by atoms with Crippen LogP contribution in [0.5, 0.6) is 0 Å². The second-order valence-electron chi connectivity index (χ2n) is 9.56. The molecule has 0 heterocycles. The maximum Gasteiger partial charge on any atom is 0.253 e. The lowest BCUT2D eigenvalue weighted by Gasteiger charge is -2.25. The van der Waals surface area contributed by atoms with E-state index in [2.05, 4.69) is 10.6 Å². The molecule has 3 N–H and O–H groups in total. The number of ether oxygens (including phenoxy) is 1. The number of hydrogen-bond donors (Lipinski definition) is 3. The van der Waals surface area contributed by atoms with Crippen LogP contribution in [0.4, 0.5) is 8.78 Å². The molecular weight excluding hydrogens is 492 g/mol. The molecule has 0 unspecified atom stereocenters. The van der Waals surface area contributed by atoms with E-state index in [-0.39, 0.29) is 24.4 Å². The molecule has 9 heteroatoms. The standard InChI is InChI=1S/C29H41F2N3O4/c1-5-9-34(10-6-2)29(37)23-13-20(3)12-22(17-23)28(36)33-26(27(35)19-32-8-7-11-38-4)16-21-14-24(30)18-25(31)15-21/h12-15,17-18,26-27,32,35H,5-11,16,19H2,1-4H3,(H,33,36)/t26-,27+/m0/s1. The summed E-state index contributed by atoms with van der Waals surface area (Å²) in [6.45, 7) is 8.39. The summed E-state index contributed by atoms with van der Waals surface area (Å²) in [4.78, 5) is 28.2. The average molecular weight is 534 g/mol. The molecule has 0 saturated heterocycles. The van der Waals surface area contributed by atoms with E-state index >= 15 is 0 Å². The minimum absolute atomic E-state index is 0.0136. The molecule has 0 radical (unpaired) electrons. The van der Waals surface area contributed by atoms with Gasteiger partial charge in [-0.15, -0.1) is 0 Å². The molecule has 2 rings (SSSR count). The van der Waals surface area contributed by atoms with Crippen LogP contribution in [0.2, 0.25) is 0 Å². The van der Waals surface area contributed by atoms with Gasteiger partial charge >= 0.3 is 0 Å². The highest BCUT2D eigenvalue weighted by atomic mass is 19.1. The van der Waals surface area contributed by atoms with Gasteiger partial charge in [-0.05, 0) is 80.6 Å². The van der Waals surface area contributed by atoms with Gasteiger partial charge in [0.05, 0.1) is 12.1 Å². The van der Waals surface area contributed by atoms with Crippen molar-refractivity contribution in [3.63, 3.8) is 0 Å². The molecule has 2 atom stereocenters. The van der Waals surface area contributed by atoms with Crippen molar-refractivity contribution in [3.05, 3.63) is 70.3 Å². The van der Waals surface area contributed by atoms with Crippen molar-refractivity contribution in [2.24, 2.45) is 0 Å².